The molecule has 0 radical (unpaired) electrons. The number of hydrogen-bond donors (Lipinski definition) is 3. The fraction of sp³-hybridized carbons (Fsp3) is 0.304. The van der Waals surface area contributed by atoms with E-state index in [1.165, 1.54) is 31.4 Å². The number of nitrogens with one attached hydrogen (secondary N) is 1. The Morgan fingerprint density at radius 3 is 2.56 bits per heavy atom. The summed E-state index contributed by atoms with van der Waals surface area (Å²) in [5.74, 6) is -2.26. The Hall–Kier alpha value is -4.31. The molecule has 206 valence electrons. The van der Waals surface area contributed by atoms with Gasteiger partial charge in [0.05, 0.1) is 7.11 Å². The number of anilines is 1. The van der Waals surface area contributed by atoms with E-state index in [-0.39, 0.29) is 40.2 Å². The van der Waals surface area contributed by atoms with Crippen molar-refractivity contribution in [1.82, 2.24) is 15.2 Å². The van der Waals surface area contributed by atoms with Gasteiger partial charge < -0.3 is 35.2 Å². The number of carboxylic acid groups (broad SMARTS) is 1. The molecule has 16 heteroatoms. The summed E-state index contributed by atoms with van der Waals surface area (Å²) in [6.07, 6.45) is 0. The minimum atomic E-state index is -1.36. The number of hydrogen-bond acceptors (Lipinski definition) is 13. The molecule has 1 aromatic heterocycles. The highest BCUT2D eigenvalue weighted by Gasteiger charge is 2.54. The minimum absolute atomic E-state index is 0.150. The highest BCUT2D eigenvalue weighted by atomic mass is 32.2. The summed E-state index contributed by atoms with van der Waals surface area (Å²) >= 11 is 2.31. The molecule has 2 atom stereocenters. The van der Waals surface area contributed by atoms with Gasteiger partial charge in [0.2, 0.25) is 0 Å². The van der Waals surface area contributed by atoms with Crippen LogP contribution in [0.15, 0.2) is 46.1 Å². The first kappa shape index (κ1) is 27.7. The van der Waals surface area contributed by atoms with Gasteiger partial charge in [0.25, 0.3) is 11.8 Å². The molecule has 2 aliphatic rings. The molecule has 39 heavy (non-hydrogen) atoms. The molecule has 4 N–H and O–H groups in total. The molecule has 0 spiro atoms. The van der Waals surface area contributed by atoms with Crippen molar-refractivity contribution in [3.8, 4) is 11.5 Å². The lowest BCUT2D eigenvalue weighted by atomic mass is 10.0. The number of nitrogens with two attached hydrogens (primary N) is 1. The Labute approximate surface area is 229 Å². The fourth-order valence-electron chi connectivity index (χ4n) is 3.72. The maximum atomic E-state index is 12.9. The Bertz CT molecular complexity index is 1340. The molecule has 1 unspecified atom stereocenters. The van der Waals surface area contributed by atoms with Crippen LogP contribution < -0.4 is 20.5 Å². The number of benzene rings is 1. The van der Waals surface area contributed by atoms with Crippen molar-refractivity contribution in [3.05, 3.63) is 46.6 Å². The number of esters is 1. The molecule has 2 amide bonds. The number of methoxy groups -OCH3 is 1. The van der Waals surface area contributed by atoms with Gasteiger partial charge in [-0.15, -0.1) is 23.1 Å². The number of rotatable bonds is 11. The van der Waals surface area contributed by atoms with E-state index < -0.39 is 41.8 Å². The van der Waals surface area contributed by atoms with Gasteiger partial charge >= 0.3 is 11.9 Å². The van der Waals surface area contributed by atoms with Crippen molar-refractivity contribution >= 4 is 57.7 Å². The van der Waals surface area contributed by atoms with Crippen molar-refractivity contribution in [2.75, 3.05) is 38.9 Å². The lowest BCUT2D eigenvalue weighted by Gasteiger charge is -2.49. The molecular formula is C23H23N5O9S2. The number of aliphatic carboxylic acids is 1. The molecule has 4 rings (SSSR count). The Balaban J connectivity index is 1.37. The minimum Gasteiger partial charge on any atom is -0.497 e. The standard InChI is InChI=1S/C23H23N5O9S2/c1-34-12-3-5-13(6-4-12)36-8-15(29)37-7-11-9-38-21-17(20(31)28(21)18(11)22(32)33)26-19(30)16(27-35-2)14-10-39-23(24)25-14/h3-6,10,17,21H,7-9H2,1-2H3,(H2,24,25)(H,26,30)(H,32,33)/t17?,21-/m1/s1. The topological polar surface area (TPSA) is 192 Å². The van der Waals surface area contributed by atoms with Gasteiger partial charge in [-0.1, -0.05) is 5.16 Å². The van der Waals surface area contributed by atoms with Crippen LogP contribution in [0.1, 0.15) is 5.69 Å². The molecule has 2 aromatic rings. The average molecular weight is 578 g/mol. The number of carbonyl (C=O) groups excluding carboxylic acids is 3. The summed E-state index contributed by atoms with van der Waals surface area (Å²) in [6, 6.07) is 5.56. The number of amides is 2. The second kappa shape index (κ2) is 12.0. The van der Waals surface area contributed by atoms with Gasteiger partial charge in [0, 0.05) is 16.7 Å². The predicted molar refractivity (Wildman–Crippen MR) is 139 cm³/mol. The summed E-state index contributed by atoms with van der Waals surface area (Å²) in [5, 5.41) is 17.1. The van der Waals surface area contributed by atoms with Gasteiger partial charge in [0.1, 0.15) is 48.0 Å². The van der Waals surface area contributed by atoms with Gasteiger partial charge in [-0.05, 0) is 24.3 Å². The molecule has 2 aliphatic heterocycles. The molecule has 1 aromatic carbocycles. The largest absolute Gasteiger partial charge is 0.497 e. The van der Waals surface area contributed by atoms with E-state index in [9.17, 15) is 24.3 Å². The number of thiazole rings is 1. The molecule has 0 saturated carbocycles. The number of thioether (sulfide) groups is 1. The van der Waals surface area contributed by atoms with E-state index in [4.69, 9.17) is 24.8 Å². The smallest absolute Gasteiger partial charge is 0.352 e. The average Bonchev–Trinajstić information content (AvgIpc) is 3.37. The Morgan fingerprint density at radius 1 is 1.23 bits per heavy atom. The van der Waals surface area contributed by atoms with E-state index >= 15 is 0 Å². The van der Waals surface area contributed by atoms with Crippen LogP contribution in [0.25, 0.3) is 0 Å². The molecular weight excluding hydrogens is 554 g/mol. The van der Waals surface area contributed by atoms with Crippen molar-refractivity contribution in [2.45, 2.75) is 11.4 Å². The van der Waals surface area contributed by atoms with Crippen molar-refractivity contribution in [1.29, 1.82) is 0 Å². The molecule has 14 nitrogen and oxygen atoms in total. The number of carboxylic acids is 1. The first-order chi connectivity index (χ1) is 18.7. The lowest BCUT2D eigenvalue weighted by Crippen LogP contribution is -2.71. The summed E-state index contributed by atoms with van der Waals surface area (Å²) in [5.41, 5.74) is 5.55. The third kappa shape index (κ3) is 6.06. The van der Waals surface area contributed by atoms with E-state index in [2.05, 4.69) is 15.5 Å². The molecule has 1 fully saturated rings. The highest BCUT2D eigenvalue weighted by molar-refractivity contribution is 8.00. The Morgan fingerprint density at radius 2 is 1.95 bits per heavy atom. The van der Waals surface area contributed by atoms with E-state index in [0.717, 1.165) is 16.2 Å². The first-order valence-corrected chi connectivity index (χ1v) is 13.1. The molecule has 0 bridgehead atoms. The van der Waals surface area contributed by atoms with Crippen molar-refractivity contribution in [2.24, 2.45) is 5.16 Å². The van der Waals surface area contributed by atoms with Crippen molar-refractivity contribution < 1.29 is 43.3 Å². The summed E-state index contributed by atoms with van der Waals surface area (Å²) in [6.45, 7) is -0.743. The SMILES string of the molecule is CON=C(C(=O)NC1C(=O)N2C(C(=O)O)=C(COC(=O)COc3ccc(OC)cc3)CS[C@H]12)c1csc(N)n1. The zero-order chi connectivity index (χ0) is 28.1. The maximum Gasteiger partial charge on any atom is 0.352 e. The number of fused-ring (bicyclic) bond motifs is 1. The number of carbonyl (C=O) groups is 4. The van der Waals surface area contributed by atoms with Crippen LogP contribution in [0.3, 0.4) is 0 Å². The number of ether oxygens (including phenoxy) is 3. The van der Waals surface area contributed by atoms with Gasteiger partial charge in [-0.3, -0.25) is 14.5 Å². The van der Waals surface area contributed by atoms with Crippen LogP contribution >= 0.6 is 23.1 Å². The van der Waals surface area contributed by atoms with Crippen molar-refractivity contribution in [3.63, 3.8) is 0 Å². The normalized spacial score (nSPS) is 18.6. The second-order valence-electron chi connectivity index (χ2n) is 7.94. The van der Waals surface area contributed by atoms with E-state index in [0.29, 0.717) is 11.5 Å². The lowest BCUT2D eigenvalue weighted by molar-refractivity contribution is -0.150. The number of β-lactam (4-membered cyclic amide) rings is 1. The molecule has 3 heterocycles. The Kier molecular flexibility index (Phi) is 8.55. The second-order valence-corrected chi connectivity index (χ2v) is 9.93. The van der Waals surface area contributed by atoms with Crippen LogP contribution in [0.5, 0.6) is 11.5 Å². The summed E-state index contributed by atoms with van der Waals surface area (Å²) < 4.78 is 15.6. The number of aromatic nitrogens is 1. The zero-order valence-corrected chi connectivity index (χ0v) is 22.2. The third-order valence-corrected chi connectivity index (χ3v) is 7.54. The van der Waals surface area contributed by atoms with Crippen LogP contribution in [0, 0.1) is 0 Å². The maximum absolute atomic E-state index is 12.9. The number of nitrogen functional groups attached to an aromatic ring is 1. The zero-order valence-electron chi connectivity index (χ0n) is 20.6. The predicted octanol–water partition coefficient (Wildman–Crippen LogP) is 0.445. The number of oxime groups is 1. The van der Waals surface area contributed by atoms with Gasteiger partial charge in [-0.2, -0.15) is 0 Å². The van der Waals surface area contributed by atoms with Crippen LogP contribution in [-0.4, -0.2) is 89.1 Å². The van der Waals surface area contributed by atoms with Crippen LogP contribution in [0.4, 0.5) is 5.13 Å². The molecule has 1 saturated heterocycles. The molecule has 0 aliphatic carbocycles. The first-order valence-electron chi connectivity index (χ1n) is 11.2. The van der Waals surface area contributed by atoms with Crippen LogP contribution in [0.2, 0.25) is 0 Å². The highest BCUT2D eigenvalue weighted by Crippen LogP contribution is 2.40. The fourth-order valence-corrected chi connectivity index (χ4v) is 5.59. The quantitative estimate of drug-likeness (QED) is 0.145. The summed E-state index contributed by atoms with van der Waals surface area (Å²) in [4.78, 5) is 59.8. The van der Waals surface area contributed by atoms with Gasteiger partial charge in [0.15, 0.2) is 17.5 Å². The van der Waals surface area contributed by atoms with Crippen LogP contribution in [-0.2, 0) is 28.8 Å². The van der Waals surface area contributed by atoms with E-state index in [1.54, 1.807) is 24.3 Å². The number of nitrogens with zero attached hydrogens (tertiary/aromatic N) is 3. The van der Waals surface area contributed by atoms with Gasteiger partial charge in [-0.25, -0.2) is 14.6 Å². The van der Waals surface area contributed by atoms with E-state index in [1.807, 2.05) is 0 Å². The summed E-state index contributed by atoms with van der Waals surface area (Å²) in [7, 11) is 2.78. The monoisotopic (exact) mass is 577 g/mol. The third-order valence-electron chi connectivity index (χ3n) is 5.52.